The zero-order valence-corrected chi connectivity index (χ0v) is 16.8. The molecule has 1 amide bonds. The van der Waals surface area contributed by atoms with Gasteiger partial charge < -0.3 is 14.8 Å². The molecule has 29 heavy (non-hydrogen) atoms. The van der Waals surface area contributed by atoms with Crippen LogP contribution in [0, 0.1) is 0 Å². The van der Waals surface area contributed by atoms with Crippen molar-refractivity contribution >= 4 is 17.5 Å². The summed E-state index contributed by atoms with van der Waals surface area (Å²) in [5.74, 6) is 0.989. The monoisotopic (exact) mass is 415 g/mol. The lowest BCUT2D eigenvalue weighted by molar-refractivity contribution is -0.122. The van der Waals surface area contributed by atoms with Gasteiger partial charge in [-0.3, -0.25) is 4.79 Å². The van der Waals surface area contributed by atoms with Crippen LogP contribution in [0.1, 0.15) is 12.0 Å². The topological polar surface area (TPSA) is 91.2 Å². The van der Waals surface area contributed by atoms with Gasteiger partial charge in [-0.2, -0.15) is 4.80 Å². The largest absolute Gasteiger partial charge is 0.493 e. The van der Waals surface area contributed by atoms with Crippen LogP contribution in [0.3, 0.4) is 0 Å². The first-order chi connectivity index (χ1) is 14.1. The van der Waals surface area contributed by atoms with Gasteiger partial charge in [0.05, 0.1) is 6.61 Å². The van der Waals surface area contributed by atoms with E-state index in [2.05, 4.69) is 20.7 Å². The van der Waals surface area contributed by atoms with Gasteiger partial charge in [0.15, 0.2) is 0 Å². The standard InChI is InChI=1S/C20H22ClN5O3/c1-28-10-3-11-29-18-5-2-4-15(12-18)13-22-19(27)14-26-24-20(23-25-26)16-6-8-17(21)9-7-16/h2,4-9,12H,3,10-11,13-14H2,1H3,(H,22,27). The smallest absolute Gasteiger partial charge is 0.243 e. The van der Waals surface area contributed by atoms with Crippen molar-refractivity contribution in [2.24, 2.45) is 0 Å². The Balaban J connectivity index is 1.48. The minimum Gasteiger partial charge on any atom is -0.493 e. The number of benzene rings is 2. The fourth-order valence-corrected chi connectivity index (χ4v) is 2.67. The van der Waals surface area contributed by atoms with Gasteiger partial charge in [-0.25, -0.2) is 0 Å². The maximum atomic E-state index is 12.2. The summed E-state index contributed by atoms with van der Waals surface area (Å²) in [6.45, 7) is 1.60. The third-order valence-corrected chi connectivity index (χ3v) is 4.24. The summed E-state index contributed by atoms with van der Waals surface area (Å²) < 4.78 is 10.7. The van der Waals surface area contributed by atoms with E-state index in [0.29, 0.717) is 30.6 Å². The van der Waals surface area contributed by atoms with E-state index < -0.39 is 0 Å². The summed E-state index contributed by atoms with van der Waals surface area (Å²) in [7, 11) is 1.66. The number of ether oxygens (including phenoxy) is 2. The van der Waals surface area contributed by atoms with Crippen LogP contribution >= 0.6 is 11.6 Å². The average molecular weight is 416 g/mol. The minimum atomic E-state index is -0.212. The molecular formula is C20H22ClN5O3. The second-order valence-electron chi connectivity index (χ2n) is 6.27. The van der Waals surface area contributed by atoms with Crippen LogP contribution in [0.2, 0.25) is 5.02 Å². The Kier molecular flexibility index (Phi) is 7.54. The van der Waals surface area contributed by atoms with E-state index in [4.69, 9.17) is 21.1 Å². The fourth-order valence-electron chi connectivity index (χ4n) is 2.55. The van der Waals surface area contributed by atoms with Gasteiger partial charge in [-0.1, -0.05) is 23.7 Å². The predicted octanol–water partition coefficient (Wildman–Crippen LogP) is 2.73. The van der Waals surface area contributed by atoms with E-state index in [1.54, 1.807) is 31.4 Å². The van der Waals surface area contributed by atoms with Crippen LogP contribution in [0.4, 0.5) is 0 Å². The van der Waals surface area contributed by atoms with E-state index in [0.717, 1.165) is 23.3 Å². The molecule has 0 bridgehead atoms. The highest BCUT2D eigenvalue weighted by atomic mass is 35.5. The number of carbonyl (C=O) groups excluding carboxylic acids is 1. The molecule has 0 aliphatic rings. The van der Waals surface area contributed by atoms with E-state index in [-0.39, 0.29) is 12.5 Å². The number of hydrogen-bond donors (Lipinski definition) is 1. The van der Waals surface area contributed by atoms with Crippen LogP contribution in [-0.2, 0) is 22.6 Å². The Morgan fingerprint density at radius 3 is 2.79 bits per heavy atom. The molecule has 0 atom stereocenters. The van der Waals surface area contributed by atoms with Crippen LogP contribution < -0.4 is 10.1 Å². The minimum absolute atomic E-state index is 0.0200. The highest BCUT2D eigenvalue weighted by molar-refractivity contribution is 6.30. The van der Waals surface area contributed by atoms with Crippen LogP contribution in [0.25, 0.3) is 11.4 Å². The van der Waals surface area contributed by atoms with Crippen molar-refractivity contribution in [1.29, 1.82) is 0 Å². The third kappa shape index (κ3) is 6.55. The number of hydrogen-bond acceptors (Lipinski definition) is 6. The van der Waals surface area contributed by atoms with E-state index in [9.17, 15) is 4.79 Å². The Labute approximate surface area is 173 Å². The summed E-state index contributed by atoms with van der Waals surface area (Å²) >= 11 is 5.88. The molecular weight excluding hydrogens is 394 g/mol. The molecule has 2 aromatic carbocycles. The first-order valence-corrected chi connectivity index (χ1v) is 9.53. The molecule has 0 radical (unpaired) electrons. The summed E-state index contributed by atoms with van der Waals surface area (Å²) in [6, 6.07) is 14.7. The molecule has 9 heteroatoms. The van der Waals surface area contributed by atoms with Crippen LogP contribution in [0.15, 0.2) is 48.5 Å². The number of halogens is 1. The quantitative estimate of drug-likeness (QED) is 0.512. The number of carbonyl (C=O) groups is 1. The van der Waals surface area contributed by atoms with E-state index >= 15 is 0 Å². The number of aromatic nitrogens is 4. The van der Waals surface area contributed by atoms with Crippen LogP contribution in [-0.4, -0.2) is 46.4 Å². The molecule has 0 unspecified atom stereocenters. The first-order valence-electron chi connectivity index (χ1n) is 9.15. The first kappa shape index (κ1) is 20.8. The average Bonchev–Trinajstić information content (AvgIpc) is 3.19. The zero-order valence-electron chi connectivity index (χ0n) is 16.0. The zero-order chi connectivity index (χ0) is 20.5. The second kappa shape index (κ2) is 10.5. The number of rotatable bonds is 10. The van der Waals surface area contributed by atoms with Crippen molar-refractivity contribution in [1.82, 2.24) is 25.5 Å². The number of nitrogens with one attached hydrogen (secondary N) is 1. The molecule has 1 heterocycles. The highest BCUT2D eigenvalue weighted by Gasteiger charge is 2.09. The summed E-state index contributed by atoms with van der Waals surface area (Å²) in [4.78, 5) is 13.5. The van der Waals surface area contributed by atoms with Gasteiger partial charge in [0.25, 0.3) is 0 Å². The molecule has 0 saturated heterocycles. The van der Waals surface area contributed by atoms with Gasteiger partial charge in [0.2, 0.25) is 11.7 Å². The summed E-state index contributed by atoms with van der Waals surface area (Å²) in [5, 5.41) is 15.6. The van der Waals surface area contributed by atoms with Gasteiger partial charge in [-0.05, 0) is 47.2 Å². The molecule has 0 aliphatic carbocycles. The van der Waals surface area contributed by atoms with Gasteiger partial charge >= 0.3 is 0 Å². The molecule has 0 aliphatic heterocycles. The number of nitrogens with zero attached hydrogens (tertiary/aromatic N) is 4. The maximum Gasteiger partial charge on any atom is 0.243 e. The Bertz CT molecular complexity index is 930. The Hall–Kier alpha value is -2.97. The molecule has 1 aromatic heterocycles. The van der Waals surface area contributed by atoms with Gasteiger partial charge in [0.1, 0.15) is 12.3 Å². The van der Waals surface area contributed by atoms with Crippen LogP contribution in [0.5, 0.6) is 5.75 Å². The van der Waals surface area contributed by atoms with Crippen molar-refractivity contribution in [2.75, 3.05) is 20.3 Å². The van der Waals surface area contributed by atoms with Crippen molar-refractivity contribution in [2.45, 2.75) is 19.5 Å². The normalized spacial score (nSPS) is 10.7. The lowest BCUT2D eigenvalue weighted by Gasteiger charge is -2.09. The van der Waals surface area contributed by atoms with E-state index in [1.165, 1.54) is 4.80 Å². The molecule has 152 valence electrons. The van der Waals surface area contributed by atoms with Crippen molar-refractivity contribution in [3.05, 3.63) is 59.1 Å². The maximum absolute atomic E-state index is 12.2. The van der Waals surface area contributed by atoms with E-state index in [1.807, 2.05) is 24.3 Å². The predicted molar refractivity (Wildman–Crippen MR) is 109 cm³/mol. The van der Waals surface area contributed by atoms with Crippen molar-refractivity contribution in [3.63, 3.8) is 0 Å². The molecule has 3 rings (SSSR count). The SMILES string of the molecule is COCCCOc1cccc(CNC(=O)Cn2nnc(-c3ccc(Cl)cc3)n2)c1. The summed E-state index contributed by atoms with van der Waals surface area (Å²) in [5.41, 5.74) is 1.72. The molecule has 1 N–H and O–H groups in total. The molecule has 0 saturated carbocycles. The second-order valence-corrected chi connectivity index (χ2v) is 6.71. The molecule has 8 nitrogen and oxygen atoms in total. The summed E-state index contributed by atoms with van der Waals surface area (Å²) in [6.07, 6.45) is 0.820. The lowest BCUT2D eigenvalue weighted by Crippen LogP contribution is -2.28. The van der Waals surface area contributed by atoms with Crippen molar-refractivity contribution < 1.29 is 14.3 Å². The molecule has 0 fully saturated rings. The van der Waals surface area contributed by atoms with Gasteiger partial charge in [-0.15, -0.1) is 10.2 Å². The number of tetrazole rings is 1. The molecule has 0 spiro atoms. The third-order valence-electron chi connectivity index (χ3n) is 3.99. The van der Waals surface area contributed by atoms with Crippen molar-refractivity contribution in [3.8, 4) is 17.1 Å². The Morgan fingerprint density at radius 1 is 1.17 bits per heavy atom. The Morgan fingerprint density at radius 2 is 2.00 bits per heavy atom. The number of methoxy groups -OCH3 is 1. The fraction of sp³-hybridized carbons (Fsp3) is 0.300. The lowest BCUT2D eigenvalue weighted by atomic mass is 10.2. The molecule has 3 aromatic rings. The number of amides is 1. The highest BCUT2D eigenvalue weighted by Crippen LogP contribution is 2.17. The van der Waals surface area contributed by atoms with Gasteiger partial charge in [0, 0.05) is 37.3 Å².